The van der Waals surface area contributed by atoms with Gasteiger partial charge in [0.05, 0.1) is 21.3 Å². The molecule has 0 aliphatic heterocycles. The summed E-state index contributed by atoms with van der Waals surface area (Å²) in [7, 11) is 0. The number of benzene rings is 2. The Morgan fingerprint density at radius 2 is 1.56 bits per heavy atom. The van der Waals surface area contributed by atoms with Gasteiger partial charge in [0, 0.05) is 18.9 Å². The van der Waals surface area contributed by atoms with Gasteiger partial charge in [0.15, 0.2) is 0 Å². The van der Waals surface area contributed by atoms with Crippen molar-refractivity contribution in [1.82, 2.24) is 15.3 Å². The third-order valence-corrected chi connectivity index (χ3v) is 4.04. The quantitative estimate of drug-likeness (QED) is 0.693. The summed E-state index contributed by atoms with van der Waals surface area (Å²) >= 11 is 12.2. The van der Waals surface area contributed by atoms with E-state index in [1.165, 1.54) is 12.4 Å². The number of rotatable bonds is 5. The van der Waals surface area contributed by atoms with Gasteiger partial charge in [0.2, 0.25) is 5.95 Å². The molecule has 2 N–H and O–H groups in total. The molecule has 3 aromatic rings. The molecule has 1 aromatic heterocycles. The second-order valence-electron chi connectivity index (χ2n) is 5.19. The molecule has 126 valence electrons. The molecule has 2 aromatic carbocycles. The normalized spacial score (nSPS) is 10.3. The second kappa shape index (κ2) is 7.96. The average Bonchev–Trinajstić information content (AvgIpc) is 2.64. The van der Waals surface area contributed by atoms with Gasteiger partial charge < -0.3 is 10.6 Å². The van der Waals surface area contributed by atoms with Gasteiger partial charge in [-0.3, -0.25) is 4.79 Å². The number of aromatic nitrogens is 2. The van der Waals surface area contributed by atoms with Crippen molar-refractivity contribution < 1.29 is 4.79 Å². The number of amides is 1. The fourth-order valence-electron chi connectivity index (χ4n) is 2.12. The van der Waals surface area contributed by atoms with E-state index in [9.17, 15) is 4.79 Å². The molecule has 0 spiro atoms. The van der Waals surface area contributed by atoms with E-state index < -0.39 is 0 Å². The lowest BCUT2D eigenvalue weighted by molar-refractivity contribution is 0.0950. The number of para-hydroxylation sites is 1. The molecule has 0 bridgehead atoms. The molecule has 3 rings (SSSR count). The first kappa shape index (κ1) is 17.2. The summed E-state index contributed by atoms with van der Waals surface area (Å²) in [5.41, 5.74) is 1.90. The van der Waals surface area contributed by atoms with Gasteiger partial charge in [-0.1, -0.05) is 59.6 Å². The summed E-state index contributed by atoms with van der Waals surface area (Å²) in [6, 6.07) is 14.8. The predicted octanol–water partition coefficient (Wildman–Crippen LogP) is 4.46. The fourth-order valence-corrected chi connectivity index (χ4v) is 2.61. The molecule has 1 amide bonds. The minimum atomic E-state index is -0.244. The molecular formula is C18H14Cl2N4O. The Hall–Kier alpha value is -2.63. The fraction of sp³-hybridized carbons (Fsp3) is 0.0556. The maximum atomic E-state index is 12.1. The third kappa shape index (κ3) is 4.47. The minimum absolute atomic E-state index is 0.244. The summed E-state index contributed by atoms with van der Waals surface area (Å²) in [5.74, 6) is 0.0563. The Bertz CT molecular complexity index is 850. The Labute approximate surface area is 155 Å². The minimum Gasteiger partial charge on any atom is -0.348 e. The molecule has 25 heavy (non-hydrogen) atoms. The maximum absolute atomic E-state index is 12.1. The number of anilines is 2. The molecule has 0 aliphatic carbocycles. The molecule has 0 saturated heterocycles. The number of hydrogen-bond acceptors (Lipinski definition) is 4. The van der Waals surface area contributed by atoms with Crippen LogP contribution in [0.25, 0.3) is 0 Å². The molecule has 0 unspecified atom stereocenters. The van der Waals surface area contributed by atoms with Crippen LogP contribution in [0, 0.1) is 0 Å². The van der Waals surface area contributed by atoms with E-state index in [0.29, 0.717) is 33.8 Å². The van der Waals surface area contributed by atoms with Crippen LogP contribution in [-0.2, 0) is 6.54 Å². The standard InChI is InChI=1S/C18H14Cl2N4O/c19-14-7-4-8-15(20)16(14)24-18-22-10-13(11-23-18)17(25)21-9-12-5-2-1-3-6-12/h1-8,10-11H,9H2,(H,21,25)(H,22,23,24). The zero-order chi connectivity index (χ0) is 17.6. The topological polar surface area (TPSA) is 66.9 Å². The van der Waals surface area contributed by atoms with E-state index in [0.717, 1.165) is 5.56 Å². The molecule has 0 saturated carbocycles. The molecular weight excluding hydrogens is 359 g/mol. The van der Waals surface area contributed by atoms with Gasteiger partial charge in [0.1, 0.15) is 0 Å². The summed E-state index contributed by atoms with van der Waals surface area (Å²) in [4.78, 5) is 20.4. The van der Waals surface area contributed by atoms with Crippen LogP contribution >= 0.6 is 23.2 Å². The van der Waals surface area contributed by atoms with Gasteiger partial charge in [0.25, 0.3) is 5.91 Å². The summed E-state index contributed by atoms with van der Waals surface area (Å²) in [6.45, 7) is 0.439. The van der Waals surface area contributed by atoms with Crippen molar-refractivity contribution in [2.45, 2.75) is 6.54 Å². The third-order valence-electron chi connectivity index (χ3n) is 3.41. The van der Waals surface area contributed by atoms with Crippen LogP contribution < -0.4 is 10.6 Å². The highest BCUT2D eigenvalue weighted by Gasteiger charge is 2.10. The van der Waals surface area contributed by atoms with Crippen LogP contribution in [0.15, 0.2) is 60.9 Å². The highest BCUT2D eigenvalue weighted by Crippen LogP contribution is 2.31. The first-order chi connectivity index (χ1) is 12.1. The van der Waals surface area contributed by atoms with E-state index in [1.807, 2.05) is 30.3 Å². The van der Waals surface area contributed by atoms with E-state index in [2.05, 4.69) is 20.6 Å². The highest BCUT2D eigenvalue weighted by atomic mass is 35.5. The Balaban J connectivity index is 1.64. The molecule has 5 nitrogen and oxygen atoms in total. The van der Waals surface area contributed by atoms with Gasteiger partial charge in [-0.15, -0.1) is 0 Å². The molecule has 7 heteroatoms. The second-order valence-corrected chi connectivity index (χ2v) is 6.00. The molecule has 0 radical (unpaired) electrons. The number of halogens is 2. The maximum Gasteiger partial charge on any atom is 0.254 e. The molecule has 0 fully saturated rings. The molecule has 0 aliphatic rings. The van der Waals surface area contributed by atoms with Crippen LogP contribution in [-0.4, -0.2) is 15.9 Å². The van der Waals surface area contributed by atoms with Crippen molar-refractivity contribution in [3.05, 3.63) is 82.1 Å². The van der Waals surface area contributed by atoms with Gasteiger partial charge in [-0.05, 0) is 17.7 Å². The lowest BCUT2D eigenvalue weighted by atomic mass is 10.2. The first-order valence-corrected chi connectivity index (χ1v) is 8.24. The first-order valence-electron chi connectivity index (χ1n) is 7.48. The van der Waals surface area contributed by atoms with Crippen LogP contribution in [0.4, 0.5) is 11.6 Å². The van der Waals surface area contributed by atoms with Crippen LogP contribution in [0.1, 0.15) is 15.9 Å². The SMILES string of the molecule is O=C(NCc1ccccc1)c1cnc(Nc2c(Cl)cccc2Cl)nc1. The summed E-state index contributed by atoms with van der Waals surface area (Å²) in [5, 5.41) is 6.69. The van der Waals surface area contributed by atoms with Crippen LogP contribution in [0.2, 0.25) is 10.0 Å². The van der Waals surface area contributed by atoms with E-state index in [4.69, 9.17) is 23.2 Å². The van der Waals surface area contributed by atoms with Crippen molar-refractivity contribution in [2.24, 2.45) is 0 Å². The lowest BCUT2D eigenvalue weighted by Crippen LogP contribution is -2.23. The van der Waals surface area contributed by atoms with Gasteiger partial charge in [-0.25, -0.2) is 9.97 Å². The van der Waals surface area contributed by atoms with Gasteiger partial charge >= 0.3 is 0 Å². The number of hydrogen-bond donors (Lipinski definition) is 2. The Morgan fingerprint density at radius 3 is 2.20 bits per heavy atom. The van der Waals surface area contributed by atoms with Gasteiger partial charge in [-0.2, -0.15) is 0 Å². The summed E-state index contributed by atoms with van der Waals surface area (Å²) < 4.78 is 0. The largest absolute Gasteiger partial charge is 0.348 e. The number of carbonyl (C=O) groups excluding carboxylic acids is 1. The molecule has 1 heterocycles. The Morgan fingerprint density at radius 1 is 0.920 bits per heavy atom. The van der Waals surface area contributed by atoms with Crippen molar-refractivity contribution in [1.29, 1.82) is 0 Å². The smallest absolute Gasteiger partial charge is 0.254 e. The van der Waals surface area contributed by atoms with Crippen molar-refractivity contribution >= 4 is 40.7 Å². The van der Waals surface area contributed by atoms with Crippen molar-refractivity contribution in [2.75, 3.05) is 5.32 Å². The zero-order valence-corrected chi connectivity index (χ0v) is 14.6. The average molecular weight is 373 g/mol. The monoisotopic (exact) mass is 372 g/mol. The van der Waals surface area contributed by atoms with Crippen LogP contribution in [0.3, 0.4) is 0 Å². The number of carbonyl (C=O) groups is 1. The van der Waals surface area contributed by atoms with E-state index >= 15 is 0 Å². The van der Waals surface area contributed by atoms with Crippen LogP contribution in [0.5, 0.6) is 0 Å². The van der Waals surface area contributed by atoms with E-state index in [-0.39, 0.29) is 5.91 Å². The lowest BCUT2D eigenvalue weighted by Gasteiger charge is -2.09. The highest BCUT2D eigenvalue weighted by molar-refractivity contribution is 6.39. The molecule has 0 atom stereocenters. The summed E-state index contributed by atoms with van der Waals surface area (Å²) in [6.07, 6.45) is 2.89. The number of nitrogens with one attached hydrogen (secondary N) is 2. The number of nitrogens with zero attached hydrogens (tertiary/aromatic N) is 2. The predicted molar refractivity (Wildman–Crippen MR) is 99.4 cm³/mol. The van der Waals surface area contributed by atoms with Crippen molar-refractivity contribution in [3.63, 3.8) is 0 Å². The zero-order valence-electron chi connectivity index (χ0n) is 13.0. The Kier molecular flexibility index (Phi) is 5.48. The van der Waals surface area contributed by atoms with E-state index in [1.54, 1.807) is 18.2 Å². The van der Waals surface area contributed by atoms with Crippen molar-refractivity contribution in [3.8, 4) is 0 Å².